The third kappa shape index (κ3) is 8.76. The number of carbonyl (C=O) groups is 2. The van der Waals surface area contributed by atoms with Gasteiger partial charge in [-0.3, -0.25) is 23.2 Å². The fraction of sp³-hybridized carbons (Fsp3) is 0.793. The number of aliphatic hydroxyl groups excluding tert-OH is 1. The quantitative estimate of drug-likeness (QED) is 0.190. The van der Waals surface area contributed by atoms with Gasteiger partial charge in [-0.1, -0.05) is 12.8 Å². The van der Waals surface area contributed by atoms with Crippen LogP contribution in [0.2, 0.25) is 0 Å². The molecule has 4 N–H and O–H groups in total. The molecule has 1 aromatic heterocycles. The second-order valence-electron chi connectivity index (χ2n) is 12.6. The maximum Gasteiger partial charge on any atom is 0.349 e. The number of carbonyl (C=O) groups excluding carboxylic acids is 2. The van der Waals surface area contributed by atoms with Gasteiger partial charge in [0.25, 0.3) is 5.85 Å². The van der Waals surface area contributed by atoms with Gasteiger partial charge < -0.3 is 24.4 Å². The van der Waals surface area contributed by atoms with Crippen LogP contribution in [0.5, 0.6) is 0 Å². The van der Waals surface area contributed by atoms with Gasteiger partial charge in [-0.2, -0.15) is 4.98 Å². The molecule has 2 aliphatic carbocycles. The molecule has 3 fully saturated rings. The fourth-order valence-electron chi connectivity index (χ4n) is 5.87. The number of nitrogens with zero attached hydrogens (tertiary/aromatic N) is 2. The van der Waals surface area contributed by atoms with Gasteiger partial charge in [-0.15, -0.1) is 0 Å². The maximum absolute atomic E-state index is 16.2. The molecule has 1 aliphatic heterocycles. The van der Waals surface area contributed by atoms with Gasteiger partial charge in [0.1, 0.15) is 42.6 Å². The normalized spacial score (nSPS) is 29.7. The first-order chi connectivity index (χ1) is 21.1. The first-order valence-corrected chi connectivity index (χ1v) is 17.3. The van der Waals surface area contributed by atoms with Crippen molar-refractivity contribution in [3.63, 3.8) is 0 Å². The molecule has 14 nitrogen and oxygen atoms in total. The number of halogens is 1. The summed E-state index contributed by atoms with van der Waals surface area (Å²) < 4.78 is 53.2. The monoisotopic (exact) mass is 660 g/mol. The summed E-state index contributed by atoms with van der Waals surface area (Å²) in [5, 5.41) is 26.8. The Bertz CT molecular complexity index is 1260. The number of nitrogens with one attached hydrogen (secondary N) is 2. The molecule has 0 aromatic carbocycles. The van der Waals surface area contributed by atoms with Crippen molar-refractivity contribution in [1.82, 2.24) is 19.7 Å². The minimum atomic E-state index is -4.51. The zero-order valence-electron chi connectivity index (χ0n) is 26.3. The lowest BCUT2D eigenvalue weighted by molar-refractivity contribution is -0.203. The third-order valence-electron chi connectivity index (χ3n) is 8.54. The van der Waals surface area contributed by atoms with E-state index >= 15 is 4.39 Å². The van der Waals surface area contributed by atoms with Crippen LogP contribution in [-0.2, 0) is 32.9 Å². The van der Waals surface area contributed by atoms with Crippen molar-refractivity contribution in [2.45, 2.75) is 140 Å². The number of esters is 2. The molecular formula is C29H46FN4O10P. The predicted octanol–water partition coefficient (Wildman–Crippen LogP) is 2.69. The molecule has 2 heterocycles. The van der Waals surface area contributed by atoms with E-state index in [2.05, 4.69) is 15.2 Å². The lowest BCUT2D eigenvalue weighted by Gasteiger charge is -2.31. The molecule has 0 unspecified atom stereocenters. The van der Waals surface area contributed by atoms with Crippen molar-refractivity contribution in [3.8, 4) is 0 Å². The van der Waals surface area contributed by atoms with E-state index in [0.29, 0.717) is 31.4 Å². The number of aliphatic hydroxyl groups is 2. The number of aryl methyl sites for hydroxylation is 1. The van der Waals surface area contributed by atoms with Crippen molar-refractivity contribution in [2.75, 3.05) is 6.61 Å². The summed E-state index contributed by atoms with van der Waals surface area (Å²) in [6.45, 7) is 4.17. The lowest BCUT2D eigenvalue weighted by Crippen LogP contribution is -2.50. The smallest absolute Gasteiger partial charge is 0.349 e. The number of ether oxygens (including phenoxy) is 3. The van der Waals surface area contributed by atoms with Crippen LogP contribution in [0.1, 0.15) is 96.9 Å². The topological polar surface area (TPSA) is 188 Å². The molecule has 1 saturated heterocycles. The highest BCUT2D eigenvalue weighted by Crippen LogP contribution is 2.48. The van der Waals surface area contributed by atoms with Gasteiger partial charge in [0.2, 0.25) is 0 Å². The Morgan fingerprint density at radius 1 is 1.07 bits per heavy atom. The van der Waals surface area contributed by atoms with Gasteiger partial charge >= 0.3 is 25.3 Å². The molecular weight excluding hydrogens is 614 g/mol. The molecule has 45 heavy (non-hydrogen) atoms. The van der Waals surface area contributed by atoms with E-state index in [-0.39, 0.29) is 12.2 Å². The first kappa shape index (κ1) is 35.6. The lowest BCUT2D eigenvalue weighted by atomic mass is 9.95. The first-order valence-electron chi connectivity index (χ1n) is 15.7. The predicted molar refractivity (Wildman–Crippen MR) is 159 cm³/mol. The number of hydrogen-bond donors (Lipinski definition) is 4. The zero-order valence-corrected chi connectivity index (χ0v) is 27.2. The van der Waals surface area contributed by atoms with Crippen LogP contribution in [0.4, 0.5) is 4.39 Å². The van der Waals surface area contributed by atoms with E-state index < -0.39 is 67.8 Å². The second kappa shape index (κ2) is 14.7. The largest absolute Gasteiger partial charge is 0.461 e. The second-order valence-corrected chi connectivity index (χ2v) is 14.4. The highest BCUT2D eigenvalue weighted by Gasteiger charge is 2.63. The van der Waals surface area contributed by atoms with Gasteiger partial charge in [0.05, 0.1) is 0 Å². The van der Waals surface area contributed by atoms with E-state index in [1.807, 2.05) is 0 Å². The maximum atomic E-state index is 16.2. The van der Waals surface area contributed by atoms with Gasteiger partial charge in [0.15, 0.2) is 6.23 Å². The Hall–Kier alpha value is -2.26. The molecule has 0 bridgehead atoms. The minimum Gasteiger partial charge on any atom is -0.461 e. The highest BCUT2D eigenvalue weighted by molar-refractivity contribution is 7.54. The fourth-order valence-corrected chi connectivity index (χ4v) is 7.69. The van der Waals surface area contributed by atoms with Crippen LogP contribution < -0.4 is 15.9 Å². The van der Waals surface area contributed by atoms with E-state index in [4.69, 9.17) is 18.7 Å². The molecule has 4 rings (SSSR count). The molecule has 0 spiro atoms. The molecule has 16 heteroatoms. The van der Waals surface area contributed by atoms with Crippen molar-refractivity contribution < 1.29 is 47.5 Å². The van der Waals surface area contributed by atoms with Crippen LogP contribution in [0, 0.1) is 6.92 Å². The molecule has 2 saturated carbocycles. The number of hydrogen-bond acceptors (Lipinski definition) is 11. The third-order valence-corrected chi connectivity index (χ3v) is 10.5. The minimum absolute atomic E-state index is 0.289. The molecule has 0 radical (unpaired) electrons. The van der Waals surface area contributed by atoms with Crippen molar-refractivity contribution in [1.29, 1.82) is 0 Å². The van der Waals surface area contributed by atoms with Crippen LogP contribution in [-0.4, -0.2) is 80.2 Å². The van der Waals surface area contributed by atoms with E-state index in [1.165, 1.54) is 26.1 Å². The number of rotatable bonds is 12. The van der Waals surface area contributed by atoms with Crippen LogP contribution in [0.25, 0.3) is 0 Å². The van der Waals surface area contributed by atoms with Crippen molar-refractivity contribution in [2.24, 2.45) is 0 Å². The molecule has 6 atom stereocenters. The van der Waals surface area contributed by atoms with Gasteiger partial charge in [-0.05, 0) is 85.1 Å². The standard InChI is InChI=1S/C29H46FN4O10P/c1-18-15-16-34(27(38)31-18)26-28(4,39)25(37)29(30,44-26)17-41-45(40,32-19(2)23(35)42-21-11-7-5-8-12-21)33-20(3)24(36)43-22-13-9-6-10-14-22/h15-16,19-22,25-26,37,39H,5-14,17H2,1-4H3,(H2,32,33,40)/t19-,20-,25-,26+,28+,29+/m0/s1. The van der Waals surface area contributed by atoms with Gasteiger partial charge in [-0.25, -0.2) is 19.4 Å². The van der Waals surface area contributed by atoms with E-state index in [1.54, 1.807) is 6.92 Å². The Morgan fingerprint density at radius 2 is 1.56 bits per heavy atom. The Kier molecular flexibility index (Phi) is 11.6. The summed E-state index contributed by atoms with van der Waals surface area (Å²) >= 11 is 0. The molecule has 0 amide bonds. The highest BCUT2D eigenvalue weighted by atomic mass is 31.2. The molecule has 254 valence electrons. The number of alkyl halides is 1. The summed E-state index contributed by atoms with van der Waals surface area (Å²) in [7, 11) is -4.51. The Morgan fingerprint density at radius 3 is 2.02 bits per heavy atom. The summed E-state index contributed by atoms with van der Waals surface area (Å²) in [6, 6.07) is -0.999. The summed E-state index contributed by atoms with van der Waals surface area (Å²) in [5.41, 5.74) is -2.84. The zero-order chi connectivity index (χ0) is 33.0. The summed E-state index contributed by atoms with van der Waals surface area (Å²) in [5.74, 6) is -4.62. The van der Waals surface area contributed by atoms with Gasteiger partial charge in [0, 0.05) is 11.9 Å². The summed E-state index contributed by atoms with van der Waals surface area (Å²) in [6.07, 6.45) is 5.23. The summed E-state index contributed by atoms with van der Waals surface area (Å²) in [4.78, 5) is 42.0. The van der Waals surface area contributed by atoms with Crippen LogP contribution >= 0.6 is 7.67 Å². The average molecular weight is 661 g/mol. The van der Waals surface area contributed by atoms with Crippen molar-refractivity contribution >= 4 is 19.6 Å². The van der Waals surface area contributed by atoms with Crippen molar-refractivity contribution in [3.05, 3.63) is 28.4 Å². The SMILES string of the molecule is Cc1ccn([C@@H]2O[C@](F)(COP(=O)(N[C@@H](C)C(=O)OC3CCCCC3)N[C@@H](C)C(=O)OC3CCCCC3)[C@@H](O)[C@@]2(C)O)c(=O)n1. The Labute approximate surface area is 261 Å². The number of aromatic nitrogens is 2. The van der Waals surface area contributed by atoms with Crippen LogP contribution in [0.15, 0.2) is 17.1 Å². The molecule has 3 aliphatic rings. The van der Waals surface area contributed by atoms with E-state index in [9.17, 15) is 29.2 Å². The van der Waals surface area contributed by atoms with Crippen LogP contribution in [0.3, 0.4) is 0 Å². The molecule has 1 aromatic rings. The van der Waals surface area contributed by atoms with E-state index in [0.717, 1.165) is 50.0 Å². The average Bonchev–Trinajstić information content (AvgIpc) is 3.17. The Balaban J connectivity index is 1.50.